The lowest BCUT2D eigenvalue weighted by Gasteiger charge is -2.26. The molecular formula is C26H30N2O3. The van der Waals surface area contributed by atoms with E-state index in [9.17, 15) is 4.79 Å². The summed E-state index contributed by atoms with van der Waals surface area (Å²) in [6.45, 7) is 6.97. The number of hydrogen-bond donors (Lipinski definition) is 1. The highest BCUT2D eigenvalue weighted by atomic mass is 16.5. The first-order valence-electron chi connectivity index (χ1n) is 11.0. The summed E-state index contributed by atoms with van der Waals surface area (Å²) in [7, 11) is 0. The molecule has 1 aliphatic rings. The van der Waals surface area contributed by atoms with Gasteiger partial charge in [0.1, 0.15) is 5.75 Å². The molecule has 162 valence electrons. The van der Waals surface area contributed by atoms with Crippen LogP contribution in [0.15, 0.2) is 66.7 Å². The van der Waals surface area contributed by atoms with Crippen molar-refractivity contribution in [2.24, 2.45) is 0 Å². The smallest absolute Gasteiger partial charge is 0.261 e. The van der Waals surface area contributed by atoms with E-state index in [0.717, 1.165) is 49.2 Å². The van der Waals surface area contributed by atoms with Gasteiger partial charge >= 0.3 is 0 Å². The fourth-order valence-corrected chi connectivity index (χ4v) is 3.81. The fourth-order valence-electron chi connectivity index (χ4n) is 3.81. The van der Waals surface area contributed by atoms with Crippen LogP contribution >= 0.6 is 0 Å². The molecule has 0 spiro atoms. The molecule has 0 aliphatic carbocycles. The van der Waals surface area contributed by atoms with Crippen molar-refractivity contribution in [2.75, 3.05) is 26.3 Å². The van der Waals surface area contributed by atoms with Gasteiger partial charge in [-0.2, -0.15) is 0 Å². The van der Waals surface area contributed by atoms with E-state index < -0.39 is 6.10 Å². The molecule has 1 fully saturated rings. The Morgan fingerprint density at radius 1 is 1.00 bits per heavy atom. The molecular weight excluding hydrogens is 388 g/mol. The first kappa shape index (κ1) is 21.3. The number of rotatable bonds is 8. The van der Waals surface area contributed by atoms with Crippen LogP contribution in [-0.2, 0) is 22.6 Å². The zero-order valence-electron chi connectivity index (χ0n) is 18.0. The Labute approximate surface area is 184 Å². The summed E-state index contributed by atoms with van der Waals surface area (Å²) in [4.78, 5) is 15.1. The average Bonchev–Trinajstić information content (AvgIpc) is 2.82. The van der Waals surface area contributed by atoms with Gasteiger partial charge in [-0.3, -0.25) is 9.69 Å². The summed E-state index contributed by atoms with van der Waals surface area (Å²) in [5, 5.41) is 5.28. The Hall–Kier alpha value is -2.89. The average molecular weight is 419 g/mol. The maximum Gasteiger partial charge on any atom is 0.261 e. The van der Waals surface area contributed by atoms with Crippen molar-refractivity contribution < 1.29 is 14.3 Å². The normalized spacial score (nSPS) is 15.5. The number of nitrogens with one attached hydrogen (secondary N) is 1. The number of carbonyl (C=O) groups excluding carboxylic acids is 1. The summed E-state index contributed by atoms with van der Waals surface area (Å²) in [6.07, 6.45) is 0.0960. The van der Waals surface area contributed by atoms with Crippen molar-refractivity contribution in [2.45, 2.75) is 32.5 Å². The topological polar surface area (TPSA) is 50.8 Å². The van der Waals surface area contributed by atoms with E-state index in [-0.39, 0.29) is 5.91 Å². The summed E-state index contributed by atoms with van der Waals surface area (Å²) >= 11 is 0. The lowest BCUT2D eigenvalue weighted by molar-refractivity contribution is -0.128. The Balaban J connectivity index is 1.30. The number of hydrogen-bond acceptors (Lipinski definition) is 4. The van der Waals surface area contributed by atoms with Crippen LogP contribution in [0.25, 0.3) is 10.8 Å². The van der Waals surface area contributed by atoms with E-state index in [4.69, 9.17) is 9.47 Å². The SMILES string of the molecule is CCC(Oc1ccc2ccccc2c1)C(=O)NCc1ccc(CN2CCOCC2)cc1. The fraction of sp³-hybridized carbons (Fsp3) is 0.346. The Morgan fingerprint density at radius 2 is 1.71 bits per heavy atom. The van der Waals surface area contributed by atoms with Crippen LogP contribution in [-0.4, -0.2) is 43.2 Å². The number of benzene rings is 3. The van der Waals surface area contributed by atoms with E-state index in [1.807, 2.05) is 43.3 Å². The molecule has 1 amide bonds. The van der Waals surface area contributed by atoms with Crippen molar-refractivity contribution in [1.29, 1.82) is 0 Å². The van der Waals surface area contributed by atoms with Gasteiger partial charge in [-0.25, -0.2) is 0 Å². The minimum Gasteiger partial charge on any atom is -0.481 e. The molecule has 0 bridgehead atoms. The highest BCUT2D eigenvalue weighted by Crippen LogP contribution is 2.22. The number of morpholine rings is 1. The van der Waals surface area contributed by atoms with Crippen LogP contribution in [0.1, 0.15) is 24.5 Å². The second kappa shape index (κ2) is 10.4. The molecule has 3 aromatic carbocycles. The van der Waals surface area contributed by atoms with Crippen molar-refractivity contribution in [3.8, 4) is 5.75 Å². The molecule has 5 nitrogen and oxygen atoms in total. The molecule has 1 heterocycles. The molecule has 0 radical (unpaired) electrons. The van der Waals surface area contributed by atoms with E-state index in [0.29, 0.717) is 18.7 Å². The van der Waals surface area contributed by atoms with Gasteiger partial charge in [0.2, 0.25) is 0 Å². The van der Waals surface area contributed by atoms with Gasteiger partial charge in [0.05, 0.1) is 13.2 Å². The van der Waals surface area contributed by atoms with Crippen LogP contribution in [0, 0.1) is 0 Å². The third-order valence-electron chi connectivity index (χ3n) is 5.66. The maximum absolute atomic E-state index is 12.7. The molecule has 5 heteroatoms. The molecule has 1 atom stereocenters. The van der Waals surface area contributed by atoms with Gasteiger partial charge in [-0.05, 0) is 40.5 Å². The van der Waals surface area contributed by atoms with Crippen molar-refractivity contribution >= 4 is 16.7 Å². The first-order valence-corrected chi connectivity index (χ1v) is 11.0. The molecule has 1 saturated heterocycles. The number of nitrogens with zero attached hydrogens (tertiary/aromatic N) is 1. The van der Waals surface area contributed by atoms with E-state index in [1.165, 1.54) is 5.56 Å². The largest absolute Gasteiger partial charge is 0.481 e. The van der Waals surface area contributed by atoms with E-state index in [1.54, 1.807) is 0 Å². The van der Waals surface area contributed by atoms with E-state index in [2.05, 4.69) is 40.5 Å². The predicted molar refractivity (Wildman–Crippen MR) is 123 cm³/mol. The lowest BCUT2D eigenvalue weighted by atomic mass is 10.1. The number of fused-ring (bicyclic) bond motifs is 1. The number of ether oxygens (including phenoxy) is 2. The van der Waals surface area contributed by atoms with Crippen molar-refractivity contribution in [3.05, 3.63) is 77.9 Å². The highest BCUT2D eigenvalue weighted by molar-refractivity contribution is 5.84. The van der Waals surface area contributed by atoms with Gasteiger partial charge in [-0.15, -0.1) is 0 Å². The van der Waals surface area contributed by atoms with E-state index >= 15 is 0 Å². The van der Waals surface area contributed by atoms with Gasteiger partial charge in [-0.1, -0.05) is 61.5 Å². The highest BCUT2D eigenvalue weighted by Gasteiger charge is 2.18. The van der Waals surface area contributed by atoms with Crippen LogP contribution in [0.3, 0.4) is 0 Å². The Bertz CT molecular complexity index is 997. The zero-order chi connectivity index (χ0) is 21.5. The minimum absolute atomic E-state index is 0.0898. The molecule has 4 rings (SSSR count). The molecule has 31 heavy (non-hydrogen) atoms. The molecule has 0 aromatic heterocycles. The Kier molecular flexibility index (Phi) is 7.18. The molecule has 0 saturated carbocycles. The van der Waals surface area contributed by atoms with Gasteiger partial charge in [0.15, 0.2) is 6.10 Å². The first-order chi connectivity index (χ1) is 15.2. The molecule has 1 unspecified atom stereocenters. The molecule has 1 N–H and O–H groups in total. The zero-order valence-corrected chi connectivity index (χ0v) is 18.0. The third-order valence-corrected chi connectivity index (χ3v) is 5.66. The molecule has 3 aromatic rings. The van der Waals surface area contributed by atoms with Crippen molar-refractivity contribution in [1.82, 2.24) is 10.2 Å². The van der Waals surface area contributed by atoms with Crippen LogP contribution < -0.4 is 10.1 Å². The van der Waals surface area contributed by atoms with Gasteiger partial charge in [0.25, 0.3) is 5.91 Å². The standard InChI is InChI=1S/C26H30N2O3/c1-2-25(31-24-12-11-22-5-3-4-6-23(22)17-24)26(29)27-18-20-7-9-21(10-8-20)19-28-13-15-30-16-14-28/h3-12,17,25H,2,13-16,18-19H2,1H3,(H,27,29). The van der Waals surface area contributed by atoms with Gasteiger partial charge in [0, 0.05) is 26.2 Å². The summed E-state index contributed by atoms with van der Waals surface area (Å²) < 4.78 is 11.4. The van der Waals surface area contributed by atoms with Crippen LogP contribution in [0.5, 0.6) is 5.75 Å². The maximum atomic E-state index is 12.7. The van der Waals surface area contributed by atoms with Gasteiger partial charge < -0.3 is 14.8 Å². The number of carbonyl (C=O) groups is 1. The second-order valence-electron chi connectivity index (χ2n) is 7.95. The monoisotopic (exact) mass is 418 g/mol. The number of amides is 1. The predicted octanol–water partition coefficient (Wildman–Crippen LogP) is 4.15. The van der Waals surface area contributed by atoms with Crippen LogP contribution in [0.2, 0.25) is 0 Å². The Morgan fingerprint density at radius 3 is 2.45 bits per heavy atom. The minimum atomic E-state index is -0.512. The summed E-state index contributed by atoms with van der Waals surface area (Å²) in [5.74, 6) is 0.626. The summed E-state index contributed by atoms with van der Waals surface area (Å²) in [5.41, 5.74) is 2.36. The lowest BCUT2D eigenvalue weighted by Crippen LogP contribution is -2.37. The quantitative estimate of drug-likeness (QED) is 0.597. The molecule has 1 aliphatic heterocycles. The summed E-state index contributed by atoms with van der Waals surface area (Å²) in [6, 6.07) is 22.5. The van der Waals surface area contributed by atoms with Crippen LogP contribution in [0.4, 0.5) is 0 Å². The van der Waals surface area contributed by atoms with Crippen molar-refractivity contribution in [3.63, 3.8) is 0 Å². The third kappa shape index (κ3) is 5.84. The second-order valence-corrected chi connectivity index (χ2v) is 7.95.